The first kappa shape index (κ1) is 19.1. The molecule has 4 rings (SSSR count). The molecule has 140 valence electrons. The number of thiocarbonyl (C=S) groups is 1. The Labute approximate surface area is 177 Å². The zero-order valence-electron chi connectivity index (χ0n) is 14.4. The Kier molecular flexibility index (Phi) is 5.65. The number of hydrogen-bond donors (Lipinski definition) is 0. The maximum Gasteiger partial charge on any atom is 0.266 e. The second kappa shape index (κ2) is 8.00. The Hall–Kier alpha value is -1.27. The first-order valence-electron chi connectivity index (χ1n) is 8.85. The second-order valence-corrected chi connectivity index (χ2v) is 9.19. The largest absolute Gasteiger partial charge is 0.457 e. The van der Waals surface area contributed by atoms with Gasteiger partial charge in [-0.1, -0.05) is 66.4 Å². The molecule has 0 radical (unpaired) electrons. The van der Waals surface area contributed by atoms with Gasteiger partial charge in [-0.3, -0.25) is 9.69 Å². The highest BCUT2D eigenvalue weighted by atomic mass is 35.5. The number of halogens is 2. The predicted molar refractivity (Wildman–Crippen MR) is 116 cm³/mol. The maximum absolute atomic E-state index is 12.9. The number of thioether (sulfide) groups is 1. The molecule has 2 aromatic rings. The van der Waals surface area contributed by atoms with Crippen LogP contribution in [0.4, 0.5) is 0 Å². The predicted octanol–water partition coefficient (Wildman–Crippen LogP) is 6.79. The number of carbonyl (C=O) groups is 1. The Morgan fingerprint density at radius 2 is 1.93 bits per heavy atom. The van der Waals surface area contributed by atoms with Crippen molar-refractivity contribution in [2.45, 2.75) is 38.1 Å². The monoisotopic (exact) mass is 437 g/mol. The normalized spacial score (nSPS) is 20.1. The fourth-order valence-corrected chi connectivity index (χ4v) is 5.29. The van der Waals surface area contributed by atoms with Gasteiger partial charge >= 0.3 is 0 Å². The number of furan rings is 1. The molecule has 1 saturated heterocycles. The van der Waals surface area contributed by atoms with Crippen molar-refractivity contribution in [1.29, 1.82) is 0 Å². The summed E-state index contributed by atoms with van der Waals surface area (Å²) in [6.07, 6.45) is 7.35. The van der Waals surface area contributed by atoms with E-state index < -0.39 is 0 Å². The minimum Gasteiger partial charge on any atom is -0.457 e. The van der Waals surface area contributed by atoms with E-state index in [1.165, 1.54) is 18.2 Å². The molecule has 0 N–H and O–H groups in total. The summed E-state index contributed by atoms with van der Waals surface area (Å²) in [5.41, 5.74) is 0.721. The molecule has 1 aliphatic carbocycles. The maximum atomic E-state index is 12.9. The standard InChI is InChI=1S/C20H17Cl2NO2S2/c21-12-6-8-16(22)15(10-12)17-9-7-14(25-17)11-18-19(24)23(20(26)27-18)13-4-2-1-3-5-13/h6-11,13H,1-5H2/b18-11-. The summed E-state index contributed by atoms with van der Waals surface area (Å²) in [7, 11) is 0. The number of nitrogens with zero attached hydrogens (tertiary/aromatic N) is 1. The van der Waals surface area contributed by atoms with Gasteiger partial charge in [-0.25, -0.2) is 0 Å². The van der Waals surface area contributed by atoms with Gasteiger partial charge in [0.05, 0.1) is 9.93 Å². The van der Waals surface area contributed by atoms with Crippen molar-refractivity contribution in [1.82, 2.24) is 4.90 Å². The van der Waals surface area contributed by atoms with Crippen LogP contribution >= 0.6 is 47.2 Å². The fourth-order valence-electron chi connectivity index (χ4n) is 3.52. The lowest BCUT2D eigenvalue weighted by Crippen LogP contribution is -2.39. The molecule has 1 amide bonds. The highest BCUT2D eigenvalue weighted by Crippen LogP contribution is 2.38. The minimum absolute atomic E-state index is 0.0179. The van der Waals surface area contributed by atoms with Crippen LogP contribution in [0.5, 0.6) is 0 Å². The van der Waals surface area contributed by atoms with Gasteiger partial charge in [0, 0.05) is 22.7 Å². The summed E-state index contributed by atoms with van der Waals surface area (Å²) in [4.78, 5) is 15.3. The Balaban J connectivity index is 1.57. The lowest BCUT2D eigenvalue weighted by atomic mass is 9.94. The van der Waals surface area contributed by atoms with Crippen LogP contribution in [0, 0.1) is 0 Å². The van der Waals surface area contributed by atoms with E-state index in [1.54, 1.807) is 29.2 Å². The van der Waals surface area contributed by atoms with Crippen LogP contribution in [0.25, 0.3) is 17.4 Å². The minimum atomic E-state index is -0.0179. The zero-order chi connectivity index (χ0) is 19.0. The van der Waals surface area contributed by atoms with Crippen LogP contribution in [0.15, 0.2) is 39.7 Å². The average Bonchev–Trinajstić information content (AvgIpc) is 3.23. The van der Waals surface area contributed by atoms with Crippen molar-refractivity contribution in [3.05, 3.63) is 51.0 Å². The SMILES string of the molecule is O=C1/C(=C/c2ccc(-c3cc(Cl)ccc3Cl)o2)SC(=S)N1C1CCCCC1. The molecular formula is C20H17Cl2NO2S2. The van der Waals surface area contributed by atoms with E-state index in [1.807, 2.05) is 12.1 Å². The molecule has 0 atom stereocenters. The number of amides is 1. The topological polar surface area (TPSA) is 33.5 Å². The molecule has 2 aliphatic rings. The van der Waals surface area contributed by atoms with Gasteiger partial charge in [0.2, 0.25) is 0 Å². The van der Waals surface area contributed by atoms with Crippen molar-refractivity contribution < 1.29 is 9.21 Å². The third-order valence-electron chi connectivity index (χ3n) is 4.86. The summed E-state index contributed by atoms with van der Waals surface area (Å²) >= 11 is 19.1. The molecular weight excluding hydrogens is 421 g/mol. The number of rotatable bonds is 3. The van der Waals surface area contributed by atoms with E-state index in [0.29, 0.717) is 30.8 Å². The third-order valence-corrected chi connectivity index (χ3v) is 6.75. The zero-order valence-corrected chi connectivity index (χ0v) is 17.6. The van der Waals surface area contributed by atoms with E-state index in [2.05, 4.69) is 0 Å². The highest BCUT2D eigenvalue weighted by Gasteiger charge is 2.37. The first-order chi connectivity index (χ1) is 13.0. The van der Waals surface area contributed by atoms with Crippen molar-refractivity contribution in [3.8, 4) is 11.3 Å². The summed E-state index contributed by atoms with van der Waals surface area (Å²) in [5.74, 6) is 1.18. The molecule has 2 heterocycles. The van der Waals surface area contributed by atoms with E-state index in [0.717, 1.165) is 31.2 Å². The van der Waals surface area contributed by atoms with Crippen LogP contribution in [0.3, 0.4) is 0 Å². The Bertz CT molecular complexity index is 932. The highest BCUT2D eigenvalue weighted by molar-refractivity contribution is 8.26. The van der Waals surface area contributed by atoms with E-state index >= 15 is 0 Å². The molecule has 3 nitrogen and oxygen atoms in total. The Morgan fingerprint density at radius 3 is 2.70 bits per heavy atom. The van der Waals surface area contributed by atoms with E-state index in [4.69, 9.17) is 39.8 Å². The second-order valence-electron chi connectivity index (χ2n) is 6.67. The molecule has 1 aromatic carbocycles. The third kappa shape index (κ3) is 3.97. The van der Waals surface area contributed by atoms with Crippen molar-refractivity contribution in [2.24, 2.45) is 0 Å². The van der Waals surface area contributed by atoms with Gasteiger partial charge in [0.1, 0.15) is 15.8 Å². The van der Waals surface area contributed by atoms with Gasteiger partial charge in [0.25, 0.3) is 5.91 Å². The Morgan fingerprint density at radius 1 is 1.15 bits per heavy atom. The summed E-state index contributed by atoms with van der Waals surface area (Å²) in [5, 5.41) is 1.14. The van der Waals surface area contributed by atoms with Crippen LogP contribution < -0.4 is 0 Å². The van der Waals surface area contributed by atoms with E-state index in [-0.39, 0.29) is 11.9 Å². The van der Waals surface area contributed by atoms with Gasteiger partial charge in [-0.15, -0.1) is 0 Å². The lowest BCUT2D eigenvalue weighted by Gasteiger charge is -2.29. The molecule has 0 bridgehead atoms. The number of hydrogen-bond acceptors (Lipinski definition) is 4. The molecule has 0 spiro atoms. The summed E-state index contributed by atoms with van der Waals surface area (Å²) in [6, 6.07) is 9.10. The smallest absolute Gasteiger partial charge is 0.266 e. The molecule has 0 unspecified atom stereocenters. The first-order valence-corrected chi connectivity index (χ1v) is 10.8. The van der Waals surface area contributed by atoms with Gasteiger partial charge in [-0.05, 0) is 43.2 Å². The van der Waals surface area contributed by atoms with Crippen LogP contribution in [-0.2, 0) is 4.79 Å². The van der Waals surface area contributed by atoms with Crippen LogP contribution in [-0.4, -0.2) is 21.2 Å². The molecule has 1 saturated carbocycles. The number of carbonyl (C=O) groups excluding carboxylic acids is 1. The van der Waals surface area contributed by atoms with Crippen LogP contribution in [0.1, 0.15) is 37.9 Å². The van der Waals surface area contributed by atoms with Gasteiger partial charge in [0.15, 0.2) is 0 Å². The lowest BCUT2D eigenvalue weighted by molar-refractivity contribution is -0.124. The quantitative estimate of drug-likeness (QED) is 0.390. The molecule has 7 heteroatoms. The molecule has 1 aromatic heterocycles. The van der Waals surface area contributed by atoms with Crippen molar-refractivity contribution >= 4 is 63.5 Å². The van der Waals surface area contributed by atoms with Gasteiger partial charge < -0.3 is 4.42 Å². The molecule has 2 fully saturated rings. The van der Waals surface area contributed by atoms with Crippen molar-refractivity contribution in [3.63, 3.8) is 0 Å². The van der Waals surface area contributed by atoms with E-state index in [9.17, 15) is 4.79 Å². The van der Waals surface area contributed by atoms with Gasteiger partial charge in [-0.2, -0.15) is 0 Å². The summed E-state index contributed by atoms with van der Waals surface area (Å²) in [6.45, 7) is 0. The summed E-state index contributed by atoms with van der Waals surface area (Å²) < 4.78 is 6.53. The average molecular weight is 438 g/mol. The molecule has 1 aliphatic heterocycles. The van der Waals surface area contributed by atoms with Crippen LogP contribution in [0.2, 0.25) is 10.0 Å². The fraction of sp³-hybridized carbons (Fsp3) is 0.300. The molecule has 27 heavy (non-hydrogen) atoms. The van der Waals surface area contributed by atoms with Crippen molar-refractivity contribution in [2.75, 3.05) is 0 Å². The number of benzene rings is 1.